The molecule has 0 aliphatic carbocycles. The summed E-state index contributed by atoms with van der Waals surface area (Å²) < 4.78 is 5.41. The molecule has 0 radical (unpaired) electrons. The first-order valence-electron chi connectivity index (χ1n) is 10.6. The molecule has 3 atom stereocenters. The van der Waals surface area contributed by atoms with Crippen LogP contribution in [-0.4, -0.2) is 44.1 Å². The average Bonchev–Trinajstić information content (AvgIpc) is 2.78. The van der Waals surface area contributed by atoms with Gasteiger partial charge in [0.15, 0.2) is 6.29 Å². The lowest BCUT2D eigenvalue weighted by Gasteiger charge is -2.28. The van der Waals surface area contributed by atoms with E-state index in [0.717, 1.165) is 38.0 Å². The molecule has 0 bridgehead atoms. The van der Waals surface area contributed by atoms with Gasteiger partial charge in [-0.05, 0) is 31.4 Å². The third-order valence-corrected chi connectivity index (χ3v) is 4.90. The molecule has 164 valence electrons. The molecule has 8 heteroatoms. The van der Waals surface area contributed by atoms with E-state index in [9.17, 15) is 4.79 Å². The molecule has 1 amide bonds. The van der Waals surface area contributed by atoms with Gasteiger partial charge in [-0.1, -0.05) is 30.3 Å². The third kappa shape index (κ3) is 8.16. The Morgan fingerprint density at radius 2 is 2.20 bits per heavy atom. The second-order valence-electron chi connectivity index (χ2n) is 7.60. The van der Waals surface area contributed by atoms with Gasteiger partial charge in [0.2, 0.25) is 0 Å². The van der Waals surface area contributed by atoms with Crippen molar-refractivity contribution in [3.63, 3.8) is 0 Å². The number of allylic oxidation sites excluding steroid dienone is 1. The zero-order valence-electron chi connectivity index (χ0n) is 17.5. The van der Waals surface area contributed by atoms with Crippen LogP contribution in [0.4, 0.5) is 0 Å². The molecule has 0 saturated carbocycles. The van der Waals surface area contributed by atoms with Crippen LogP contribution in [0.3, 0.4) is 0 Å². The lowest BCUT2D eigenvalue weighted by atomic mass is 10.2. The van der Waals surface area contributed by atoms with Gasteiger partial charge in [-0.2, -0.15) is 0 Å². The first kappa shape index (κ1) is 22.3. The summed E-state index contributed by atoms with van der Waals surface area (Å²) >= 11 is 0. The molecule has 1 aromatic rings. The van der Waals surface area contributed by atoms with Crippen molar-refractivity contribution in [3.05, 3.63) is 59.9 Å². The number of benzene rings is 1. The second-order valence-corrected chi connectivity index (χ2v) is 7.60. The van der Waals surface area contributed by atoms with Crippen molar-refractivity contribution in [2.24, 2.45) is 0 Å². The van der Waals surface area contributed by atoms with Gasteiger partial charge in [0.1, 0.15) is 0 Å². The Balaban J connectivity index is 1.30. The maximum absolute atomic E-state index is 11.9. The molecule has 5 N–H and O–H groups in total. The number of hydrogen-bond acceptors (Lipinski definition) is 7. The van der Waals surface area contributed by atoms with E-state index in [2.05, 4.69) is 57.9 Å². The molecule has 3 unspecified atom stereocenters. The minimum atomic E-state index is -0.346. The smallest absolute Gasteiger partial charge is 0.267 e. The number of rotatable bonds is 10. The van der Waals surface area contributed by atoms with Crippen molar-refractivity contribution < 1.29 is 14.4 Å². The van der Waals surface area contributed by atoms with Gasteiger partial charge in [-0.15, -0.1) is 0 Å². The highest BCUT2D eigenvalue weighted by atomic mass is 16.8. The van der Waals surface area contributed by atoms with Crippen LogP contribution in [0, 0.1) is 0 Å². The van der Waals surface area contributed by atoms with E-state index < -0.39 is 0 Å². The third-order valence-electron chi connectivity index (χ3n) is 4.90. The van der Waals surface area contributed by atoms with E-state index in [4.69, 9.17) is 9.57 Å². The largest absolute Gasteiger partial charge is 0.380 e. The molecular weight excluding hydrogens is 382 g/mol. The quantitative estimate of drug-likeness (QED) is 0.290. The highest BCUT2D eigenvalue weighted by molar-refractivity contribution is 5.87. The molecule has 3 rings (SSSR count). The number of hydroxylamine groups is 1. The summed E-state index contributed by atoms with van der Waals surface area (Å²) in [6.07, 6.45) is 7.68. The normalized spacial score (nSPS) is 22.6. The topological polar surface area (TPSA) is 95.7 Å². The monoisotopic (exact) mass is 415 g/mol. The molecule has 0 aromatic heterocycles. The zero-order chi connectivity index (χ0) is 21.0. The summed E-state index contributed by atoms with van der Waals surface area (Å²) in [5.41, 5.74) is 4.53. The Labute approximate surface area is 178 Å². The predicted molar refractivity (Wildman–Crippen MR) is 116 cm³/mol. The second kappa shape index (κ2) is 12.3. The molecule has 1 fully saturated rings. The van der Waals surface area contributed by atoms with Gasteiger partial charge < -0.3 is 20.7 Å². The lowest BCUT2D eigenvalue weighted by Crippen LogP contribution is -2.54. The fourth-order valence-corrected chi connectivity index (χ4v) is 3.29. The van der Waals surface area contributed by atoms with E-state index in [-0.39, 0.29) is 18.4 Å². The molecule has 8 nitrogen and oxygen atoms in total. The average molecular weight is 416 g/mol. The summed E-state index contributed by atoms with van der Waals surface area (Å²) in [5, 5.41) is 13.6. The molecule has 2 aliphatic heterocycles. The SMILES string of the molecule is CC(CNCc1ccccc1)NC1CNC(/C=C/C(=O)NOC2CCCCO2)=CN1. The van der Waals surface area contributed by atoms with Crippen molar-refractivity contribution in [1.82, 2.24) is 26.7 Å². The summed E-state index contributed by atoms with van der Waals surface area (Å²) in [4.78, 5) is 17.1. The standard InChI is InChI=1S/C22H33N5O3/c1-17(13-23-14-18-7-3-2-4-8-18)26-20-16-24-19(15-25-20)10-11-21(28)27-30-22-9-5-6-12-29-22/h2-4,7-8,10-11,15,17,20,22-26H,5-6,9,12-14,16H2,1H3,(H,27,28)/b11-10+. The van der Waals surface area contributed by atoms with E-state index in [1.807, 2.05) is 12.3 Å². The fourth-order valence-electron chi connectivity index (χ4n) is 3.29. The Morgan fingerprint density at radius 1 is 1.33 bits per heavy atom. The van der Waals surface area contributed by atoms with Crippen LogP contribution >= 0.6 is 0 Å². The first-order valence-corrected chi connectivity index (χ1v) is 10.6. The Hall–Kier alpha value is -2.39. The van der Waals surface area contributed by atoms with Crippen LogP contribution < -0.4 is 26.7 Å². The summed E-state index contributed by atoms with van der Waals surface area (Å²) in [7, 11) is 0. The molecular formula is C22H33N5O3. The van der Waals surface area contributed by atoms with Crippen LogP contribution in [0.1, 0.15) is 31.7 Å². The van der Waals surface area contributed by atoms with Crippen molar-refractivity contribution in [1.29, 1.82) is 0 Å². The number of carbonyl (C=O) groups excluding carboxylic acids is 1. The predicted octanol–water partition coefficient (Wildman–Crippen LogP) is 1.25. The fraction of sp³-hybridized carbons (Fsp3) is 0.500. The Bertz CT molecular complexity index is 704. The van der Waals surface area contributed by atoms with E-state index in [1.54, 1.807) is 6.08 Å². The molecule has 1 saturated heterocycles. The summed E-state index contributed by atoms with van der Waals surface area (Å²) in [6, 6.07) is 10.7. The number of carbonyl (C=O) groups is 1. The van der Waals surface area contributed by atoms with Crippen LogP contribution in [0.25, 0.3) is 0 Å². The number of nitrogens with one attached hydrogen (secondary N) is 5. The van der Waals surface area contributed by atoms with Crippen LogP contribution in [0.2, 0.25) is 0 Å². The maximum atomic E-state index is 11.9. The van der Waals surface area contributed by atoms with Gasteiger partial charge in [-0.25, -0.2) is 10.3 Å². The summed E-state index contributed by atoms with van der Waals surface area (Å²) in [5.74, 6) is -0.315. The molecule has 30 heavy (non-hydrogen) atoms. The van der Waals surface area contributed by atoms with Gasteiger partial charge in [0, 0.05) is 51.0 Å². The van der Waals surface area contributed by atoms with Gasteiger partial charge >= 0.3 is 0 Å². The minimum Gasteiger partial charge on any atom is -0.380 e. The highest BCUT2D eigenvalue weighted by Crippen LogP contribution is 2.12. The van der Waals surface area contributed by atoms with Crippen molar-refractivity contribution in [2.75, 3.05) is 19.7 Å². The summed E-state index contributed by atoms with van der Waals surface area (Å²) in [6.45, 7) is 5.27. The Morgan fingerprint density at radius 3 is 2.93 bits per heavy atom. The molecule has 2 aliphatic rings. The van der Waals surface area contributed by atoms with E-state index >= 15 is 0 Å². The van der Waals surface area contributed by atoms with Crippen molar-refractivity contribution in [2.45, 2.75) is 51.2 Å². The molecule has 0 spiro atoms. The number of ether oxygens (including phenoxy) is 1. The Kier molecular flexibility index (Phi) is 9.17. The number of amides is 1. The van der Waals surface area contributed by atoms with Crippen molar-refractivity contribution >= 4 is 5.91 Å². The van der Waals surface area contributed by atoms with Crippen LogP contribution in [0.15, 0.2) is 54.4 Å². The molecule has 1 aromatic carbocycles. The van der Waals surface area contributed by atoms with Crippen molar-refractivity contribution in [3.8, 4) is 0 Å². The minimum absolute atomic E-state index is 0.122. The van der Waals surface area contributed by atoms with Crippen LogP contribution in [0.5, 0.6) is 0 Å². The van der Waals surface area contributed by atoms with Gasteiger partial charge in [0.25, 0.3) is 5.91 Å². The molecule has 2 heterocycles. The van der Waals surface area contributed by atoms with E-state index in [0.29, 0.717) is 19.2 Å². The zero-order valence-corrected chi connectivity index (χ0v) is 17.5. The number of hydrogen-bond donors (Lipinski definition) is 5. The van der Waals surface area contributed by atoms with Gasteiger partial charge in [0.05, 0.1) is 11.9 Å². The van der Waals surface area contributed by atoms with Gasteiger partial charge in [-0.3, -0.25) is 10.1 Å². The first-order chi connectivity index (χ1) is 14.7. The highest BCUT2D eigenvalue weighted by Gasteiger charge is 2.16. The maximum Gasteiger partial charge on any atom is 0.267 e. The lowest BCUT2D eigenvalue weighted by molar-refractivity contribution is -0.198. The van der Waals surface area contributed by atoms with Crippen LogP contribution in [-0.2, 0) is 20.9 Å². The van der Waals surface area contributed by atoms with E-state index in [1.165, 1.54) is 11.6 Å².